The molecule has 0 radical (unpaired) electrons. The maximum Gasteiger partial charge on any atom is 0.272 e. The monoisotopic (exact) mass is 326 g/mol. The Morgan fingerprint density at radius 1 is 1.38 bits per heavy atom. The van der Waals surface area contributed by atoms with Crippen LogP contribution in [0.5, 0.6) is 0 Å². The van der Waals surface area contributed by atoms with Crippen molar-refractivity contribution in [1.29, 1.82) is 0 Å². The van der Waals surface area contributed by atoms with Gasteiger partial charge in [0.1, 0.15) is 4.21 Å². The minimum atomic E-state index is -3.61. The highest BCUT2D eigenvalue weighted by atomic mass is 32.2. The summed E-state index contributed by atoms with van der Waals surface area (Å²) in [6, 6.07) is 4.88. The van der Waals surface area contributed by atoms with Gasteiger partial charge in [-0.15, -0.1) is 16.4 Å². The zero-order valence-corrected chi connectivity index (χ0v) is 13.6. The van der Waals surface area contributed by atoms with Crippen molar-refractivity contribution < 1.29 is 8.42 Å². The normalized spacial score (nSPS) is 11.5. The summed E-state index contributed by atoms with van der Waals surface area (Å²) >= 11 is 1.27. The predicted octanol–water partition coefficient (Wildman–Crippen LogP) is 2.15. The van der Waals surface area contributed by atoms with Gasteiger partial charge in [0.15, 0.2) is 5.82 Å². The molecule has 21 heavy (non-hydrogen) atoms. The molecular formula is C13H18N4O2S2. The van der Waals surface area contributed by atoms with E-state index in [1.165, 1.54) is 17.5 Å². The van der Waals surface area contributed by atoms with E-state index < -0.39 is 10.0 Å². The largest absolute Gasteiger partial charge is 0.312 e. The summed E-state index contributed by atoms with van der Waals surface area (Å²) in [5.41, 5.74) is 0.975. The third kappa shape index (κ3) is 4.23. The lowest BCUT2D eigenvalue weighted by atomic mass is 10.3. The third-order valence-electron chi connectivity index (χ3n) is 2.79. The number of nitrogens with one attached hydrogen (secondary N) is 2. The van der Waals surface area contributed by atoms with Gasteiger partial charge < -0.3 is 5.32 Å². The summed E-state index contributed by atoms with van der Waals surface area (Å²) in [5.74, 6) is 0.217. The van der Waals surface area contributed by atoms with Crippen LogP contribution in [-0.2, 0) is 16.6 Å². The highest BCUT2D eigenvalue weighted by molar-refractivity contribution is 7.94. The summed E-state index contributed by atoms with van der Waals surface area (Å²) in [4.78, 5) is 1.03. The van der Waals surface area contributed by atoms with Crippen LogP contribution in [0.1, 0.15) is 23.8 Å². The van der Waals surface area contributed by atoms with Gasteiger partial charge in [0.05, 0.1) is 0 Å². The van der Waals surface area contributed by atoms with Crippen LogP contribution >= 0.6 is 11.3 Å². The van der Waals surface area contributed by atoms with E-state index in [0.717, 1.165) is 23.4 Å². The zero-order chi connectivity index (χ0) is 15.3. The molecule has 2 heterocycles. The number of thiophene rings is 1. The van der Waals surface area contributed by atoms with Gasteiger partial charge in [0, 0.05) is 17.6 Å². The van der Waals surface area contributed by atoms with Crippen molar-refractivity contribution in [2.24, 2.45) is 0 Å². The average Bonchev–Trinajstić information content (AvgIpc) is 2.82. The second-order valence-electron chi connectivity index (χ2n) is 4.56. The molecule has 0 saturated heterocycles. The molecule has 2 aromatic heterocycles. The minimum absolute atomic E-state index is 0.217. The van der Waals surface area contributed by atoms with Crippen molar-refractivity contribution in [1.82, 2.24) is 15.5 Å². The Hall–Kier alpha value is -1.51. The molecular weight excluding hydrogens is 308 g/mol. The Kier molecular flexibility index (Phi) is 5.27. The number of rotatable bonds is 7. The molecule has 2 aromatic rings. The summed E-state index contributed by atoms with van der Waals surface area (Å²) in [6.07, 6.45) is 2.54. The van der Waals surface area contributed by atoms with Crippen molar-refractivity contribution in [3.05, 3.63) is 34.8 Å². The maximum absolute atomic E-state index is 12.3. The molecule has 8 heteroatoms. The number of aromatic nitrogens is 2. The zero-order valence-electron chi connectivity index (χ0n) is 12.0. The number of nitrogens with zero attached hydrogens (tertiary/aromatic N) is 2. The van der Waals surface area contributed by atoms with Crippen LogP contribution in [0.25, 0.3) is 0 Å². The van der Waals surface area contributed by atoms with Crippen LogP contribution in [0.3, 0.4) is 0 Å². The summed E-state index contributed by atoms with van der Waals surface area (Å²) in [6.45, 7) is 5.61. The molecule has 0 amide bonds. The summed E-state index contributed by atoms with van der Waals surface area (Å²) in [7, 11) is -3.61. The van der Waals surface area contributed by atoms with Crippen molar-refractivity contribution >= 4 is 27.2 Å². The van der Waals surface area contributed by atoms with Crippen LogP contribution < -0.4 is 10.0 Å². The molecule has 0 saturated carbocycles. The first-order chi connectivity index (χ1) is 10.0. The van der Waals surface area contributed by atoms with Crippen molar-refractivity contribution in [2.45, 2.75) is 31.0 Å². The predicted molar refractivity (Wildman–Crippen MR) is 83.9 cm³/mol. The van der Waals surface area contributed by atoms with Gasteiger partial charge in [-0.2, -0.15) is 5.10 Å². The lowest BCUT2D eigenvalue weighted by Gasteiger charge is -2.03. The first kappa shape index (κ1) is 15.9. The van der Waals surface area contributed by atoms with Gasteiger partial charge in [-0.05, 0) is 43.7 Å². The molecule has 114 valence electrons. The van der Waals surface area contributed by atoms with Crippen LogP contribution in [0.4, 0.5) is 5.82 Å². The maximum atomic E-state index is 12.3. The van der Waals surface area contributed by atoms with E-state index in [0.29, 0.717) is 10.8 Å². The van der Waals surface area contributed by atoms with Crippen molar-refractivity contribution in [3.63, 3.8) is 0 Å². The van der Waals surface area contributed by atoms with E-state index in [9.17, 15) is 8.42 Å². The fourth-order valence-corrected chi connectivity index (χ4v) is 4.27. The molecule has 0 atom stereocenters. The van der Waals surface area contributed by atoms with E-state index in [1.54, 1.807) is 18.2 Å². The first-order valence-electron chi connectivity index (χ1n) is 6.63. The van der Waals surface area contributed by atoms with E-state index in [-0.39, 0.29) is 5.82 Å². The second kappa shape index (κ2) is 6.97. The molecule has 0 aliphatic carbocycles. The van der Waals surface area contributed by atoms with Crippen LogP contribution in [0.2, 0.25) is 0 Å². The lowest BCUT2D eigenvalue weighted by molar-refractivity contribution is 0.603. The Morgan fingerprint density at radius 2 is 2.19 bits per heavy atom. The Morgan fingerprint density at radius 3 is 2.86 bits per heavy atom. The summed E-state index contributed by atoms with van der Waals surface area (Å²) in [5, 5.41) is 10.7. The fourth-order valence-electron chi connectivity index (χ4n) is 1.72. The molecule has 0 spiro atoms. The molecule has 0 fully saturated rings. The van der Waals surface area contributed by atoms with E-state index >= 15 is 0 Å². The number of sulfonamides is 1. The first-order valence-corrected chi connectivity index (χ1v) is 8.93. The van der Waals surface area contributed by atoms with Gasteiger partial charge >= 0.3 is 0 Å². The minimum Gasteiger partial charge on any atom is -0.312 e. The molecule has 2 N–H and O–H groups in total. The van der Waals surface area contributed by atoms with Crippen LogP contribution in [-0.4, -0.2) is 25.2 Å². The Balaban J connectivity index is 2.15. The highest BCUT2D eigenvalue weighted by Crippen LogP contribution is 2.27. The van der Waals surface area contributed by atoms with Gasteiger partial charge in [0.2, 0.25) is 0 Å². The highest BCUT2D eigenvalue weighted by Gasteiger charge is 2.19. The van der Waals surface area contributed by atoms with Gasteiger partial charge in [0.25, 0.3) is 10.0 Å². The van der Waals surface area contributed by atoms with Crippen molar-refractivity contribution in [2.75, 3.05) is 11.3 Å². The molecule has 2 rings (SSSR count). The second-order valence-corrected chi connectivity index (χ2v) is 7.61. The summed E-state index contributed by atoms with van der Waals surface area (Å²) < 4.78 is 27.3. The van der Waals surface area contributed by atoms with Gasteiger partial charge in [-0.3, -0.25) is 4.72 Å². The molecule has 6 nitrogen and oxygen atoms in total. The lowest BCUT2D eigenvalue weighted by Crippen LogP contribution is -2.13. The molecule has 0 unspecified atom stereocenters. The number of aryl methyl sites for hydroxylation is 1. The number of anilines is 1. The number of hydrogen-bond acceptors (Lipinski definition) is 6. The van der Waals surface area contributed by atoms with Crippen LogP contribution in [0.15, 0.2) is 28.6 Å². The Bertz CT molecular complexity index is 683. The molecule has 0 bridgehead atoms. The molecule has 0 aliphatic heterocycles. The number of hydrogen-bond donors (Lipinski definition) is 2. The average molecular weight is 326 g/mol. The topological polar surface area (TPSA) is 84.0 Å². The van der Waals surface area contributed by atoms with Gasteiger partial charge in [-0.1, -0.05) is 6.92 Å². The fraction of sp³-hybridized carbons (Fsp3) is 0.385. The van der Waals surface area contributed by atoms with E-state index in [1.807, 2.05) is 6.92 Å². The standard InChI is InChI=1S/C13H18N4O2S2/c1-3-6-14-9-11-10(2)8-13(20-11)21(18,19)17-12-5-4-7-15-16-12/h4-5,7-8,14H,3,6,9H2,1-2H3,(H,16,17). The quantitative estimate of drug-likeness (QED) is 0.762. The van der Waals surface area contributed by atoms with E-state index in [2.05, 4.69) is 27.2 Å². The van der Waals surface area contributed by atoms with Crippen LogP contribution in [0, 0.1) is 6.92 Å². The molecule has 0 aliphatic rings. The van der Waals surface area contributed by atoms with E-state index in [4.69, 9.17) is 0 Å². The Labute approximate surface area is 128 Å². The van der Waals surface area contributed by atoms with Gasteiger partial charge in [-0.25, -0.2) is 8.42 Å². The smallest absolute Gasteiger partial charge is 0.272 e. The van der Waals surface area contributed by atoms with Crippen molar-refractivity contribution in [3.8, 4) is 0 Å². The SMILES string of the molecule is CCCNCc1sc(S(=O)(=O)Nc2cccnn2)cc1C. The third-order valence-corrected chi connectivity index (χ3v) is 5.85. The molecule has 0 aromatic carbocycles.